The Morgan fingerprint density at radius 2 is 1.95 bits per heavy atom. The second-order valence-electron chi connectivity index (χ2n) is 5.78. The molecule has 0 unspecified atom stereocenters. The summed E-state index contributed by atoms with van der Waals surface area (Å²) in [5.41, 5.74) is 2.68. The Morgan fingerprint density at radius 1 is 1.21 bits per heavy atom. The third kappa shape index (κ3) is 3.16. The van der Waals surface area contributed by atoms with Crippen molar-refractivity contribution in [1.82, 2.24) is 9.55 Å². The van der Waals surface area contributed by atoms with Crippen molar-refractivity contribution in [2.45, 2.75) is 46.2 Å². The molecule has 0 fully saturated rings. The number of nitrogens with one attached hydrogen (secondary N) is 1. The summed E-state index contributed by atoms with van der Waals surface area (Å²) >= 11 is 0. The molecule has 3 heteroatoms. The van der Waals surface area contributed by atoms with Gasteiger partial charge in [0.2, 0.25) is 0 Å². The van der Waals surface area contributed by atoms with Gasteiger partial charge in [0, 0.05) is 24.6 Å². The Kier molecular flexibility index (Phi) is 3.93. The number of imidazole rings is 1. The lowest BCUT2D eigenvalue weighted by atomic mass is 9.86. The molecule has 0 saturated heterocycles. The maximum absolute atomic E-state index is 4.39. The molecule has 19 heavy (non-hydrogen) atoms. The minimum Gasteiger partial charge on any atom is -0.378 e. The molecule has 0 saturated carbocycles. The molecular weight excluding hydrogens is 234 g/mol. The summed E-state index contributed by atoms with van der Waals surface area (Å²) in [6.45, 7) is 10.6. The highest BCUT2D eigenvalue weighted by molar-refractivity contribution is 5.54. The first-order valence-electron chi connectivity index (χ1n) is 6.85. The van der Waals surface area contributed by atoms with E-state index in [1.165, 1.54) is 11.3 Å². The molecule has 102 valence electrons. The van der Waals surface area contributed by atoms with Gasteiger partial charge in [0.15, 0.2) is 0 Å². The summed E-state index contributed by atoms with van der Waals surface area (Å²) < 4.78 is 2.16. The van der Waals surface area contributed by atoms with Crippen molar-refractivity contribution in [3.8, 4) is 0 Å². The lowest BCUT2D eigenvalue weighted by molar-refractivity contribution is 0.591. The molecular formula is C16H23N3. The number of rotatable bonds is 4. The van der Waals surface area contributed by atoms with Crippen molar-refractivity contribution < 1.29 is 0 Å². The molecule has 1 N–H and O–H groups in total. The van der Waals surface area contributed by atoms with Gasteiger partial charge in [-0.2, -0.15) is 0 Å². The first kappa shape index (κ1) is 13.7. The smallest absolute Gasteiger partial charge is 0.128 e. The standard InChI is InChI=1S/C16H23N3/c1-5-19-11-10-17-15(19)12-18-14-9-7-6-8-13(14)16(2,3)4/h6-11,18H,5,12H2,1-4H3. The first-order valence-corrected chi connectivity index (χ1v) is 6.85. The van der Waals surface area contributed by atoms with Crippen LogP contribution in [0.25, 0.3) is 0 Å². The summed E-state index contributed by atoms with van der Waals surface area (Å²) in [5.74, 6) is 1.08. The number of para-hydroxylation sites is 1. The Balaban J connectivity index is 2.16. The molecule has 1 aromatic heterocycles. The molecule has 0 amide bonds. The van der Waals surface area contributed by atoms with Gasteiger partial charge in [0.05, 0.1) is 6.54 Å². The Hall–Kier alpha value is -1.77. The van der Waals surface area contributed by atoms with Gasteiger partial charge >= 0.3 is 0 Å². The molecule has 2 aromatic rings. The number of hydrogen-bond donors (Lipinski definition) is 1. The molecule has 0 aliphatic rings. The van der Waals surface area contributed by atoms with Crippen LogP contribution in [0.4, 0.5) is 5.69 Å². The largest absolute Gasteiger partial charge is 0.378 e. The topological polar surface area (TPSA) is 29.9 Å². The van der Waals surface area contributed by atoms with Gasteiger partial charge in [0.25, 0.3) is 0 Å². The van der Waals surface area contributed by atoms with E-state index < -0.39 is 0 Å². The van der Waals surface area contributed by atoms with E-state index in [4.69, 9.17) is 0 Å². The third-order valence-electron chi connectivity index (χ3n) is 3.31. The lowest BCUT2D eigenvalue weighted by Crippen LogP contribution is -2.15. The van der Waals surface area contributed by atoms with E-state index in [2.05, 4.69) is 66.8 Å². The molecule has 0 radical (unpaired) electrons. The summed E-state index contributed by atoms with van der Waals surface area (Å²) in [7, 11) is 0. The zero-order valence-corrected chi connectivity index (χ0v) is 12.3. The van der Waals surface area contributed by atoms with E-state index in [1.807, 2.05) is 12.4 Å². The maximum atomic E-state index is 4.39. The second-order valence-corrected chi connectivity index (χ2v) is 5.78. The van der Waals surface area contributed by atoms with Gasteiger partial charge in [-0.3, -0.25) is 0 Å². The summed E-state index contributed by atoms with van der Waals surface area (Å²) in [4.78, 5) is 4.39. The maximum Gasteiger partial charge on any atom is 0.128 e. The number of hydrogen-bond acceptors (Lipinski definition) is 2. The van der Waals surface area contributed by atoms with Crippen LogP contribution in [0.15, 0.2) is 36.7 Å². The third-order valence-corrected chi connectivity index (χ3v) is 3.31. The van der Waals surface area contributed by atoms with Crippen LogP contribution in [0.5, 0.6) is 0 Å². The highest BCUT2D eigenvalue weighted by Gasteiger charge is 2.17. The van der Waals surface area contributed by atoms with E-state index in [9.17, 15) is 0 Å². The van der Waals surface area contributed by atoms with Gasteiger partial charge < -0.3 is 9.88 Å². The summed E-state index contributed by atoms with van der Waals surface area (Å²) in [5, 5.41) is 3.51. The molecule has 0 spiro atoms. The van der Waals surface area contributed by atoms with Crippen LogP contribution in [0.3, 0.4) is 0 Å². The van der Waals surface area contributed by atoms with Crippen LogP contribution in [-0.4, -0.2) is 9.55 Å². The van der Waals surface area contributed by atoms with Gasteiger partial charge in [-0.25, -0.2) is 4.98 Å². The average Bonchev–Trinajstić information content (AvgIpc) is 2.83. The number of anilines is 1. The highest BCUT2D eigenvalue weighted by atomic mass is 15.1. The molecule has 2 rings (SSSR count). The van der Waals surface area contributed by atoms with E-state index in [0.29, 0.717) is 0 Å². The van der Waals surface area contributed by atoms with Crippen LogP contribution in [-0.2, 0) is 18.5 Å². The fourth-order valence-electron chi connectivity index (χ4n) is 2.26. The molecule has 1 heterocycles. The van der Waals surface area contributed by atoms with Crippen molar-refractivity contribution >= 4 is 5.69 Å². The van der Waals surface area contributed by atoms with Gasteiger partial charge in [0.1, 0.15) is 5.82 Å². The van der Waals surface area contributed by atoms with E-state index >= 15 is 0 Å². The van der Waals surface area contributed by atoms with Crippen molar-refractivity contribution in [3.63, 3.8) is 0 Å². The fourth-order valence-corrected chi connectivity index (χ4v) is 2.26. The predicted molar refractivity (Wildman–Crippen MR) is 80.4 cm³/mol. The van der Waals surface area contributed by atoms with Crippen molar-refractivity contribution in [3.05, 3.63) is 48.0 Å². The first-order chi connectivity index (χ1) is 9.02. The molecule has 0 aliphatic heterocycles. The van der Waals surface area contributed by atoms with Crippen LogP contribution in [0, 0.1) is 0 Å². The van der Waals surface area contributed by atoms with Crippen molar-refractivity contribution in [2.24, 2.45) is 0 Å². The Morgan fingerprint density at radius 3 is 2.63 bits per heavy atom. The zero-order chi connectivity index (χ0) is 13.9. The van der Waals surface area contributed by atoms with Crippen LogP contribution < -0.4 is 5.32 Å². The van der Waals surface area contributed by atoms with Gasteiger partial charge in [-0.1, -0.05) is 39.0 Å². The average molecular weight is 257 g/mol. The van der Waals surface area contributed by atoms with E-state index in [1.54, 1.807) is 0 Å². The normalized spacial score (nSPS) is 11.6. The minimum atomic E-state index is 0.143. The summed E-state index contributed by atoms with van der Waals surface area (Å²) in [6.07, 6.45) is 3.88. The fraction of sp³-hybridized carbons (Fsp3) is 0.438. The lowest BCUT2D eigenvalue weighted by Gasteiger charge is -2.23. The Labute approximate surface area is 115 Å². The van der Waals surface area contributed by atoms with Crippen LogP contribution in [0.2, 0.25) is 0 Å². The molecule has 0 aliphatic carbocycles. The SMILES string of the molecule is CCn1ccnc1CNc1ccccc1C(C)(C)C. The highest BCUT2D eigenvalue weighted by Crippen LogP contribution is 2.29. The van der Waals surface area contributed by atoms with Crippen LogP contribution >= 0.6 is 0 Å². The van der Waals surface area contributed by atoms with Gasteiger partial charge in [-0.15, -0.1) is 0 Å². The molecule has 1 aromatic carbocycles. The van der Waals surface area contributed by atoms with Crippen molar-refractivity contribution in [1.29, 1.82) is 0 Å². The summed E-state index contributed by atoms with van der Waals surface area (Å²) in [6, 6.07) is 8.50. The quantitative estimate of drug-likeness (QED) is 0.902. The molecule has 0 atom stereocenters. The molecule has 0 bridgehead atoms. The van der Waals surface area contributed by atoms with E-state index in [-0.39, 0.29) is 5.41 Å². The Bertz CT molecular complexity index is 535. The zero-order valence-electron chi connectivity index (χ0n) is 12.3. The second kappa shape index (κ2) is 5.47. The van der Waals surface area contributed by atoms with Crippen molar-refractivity contribution in [2.75, 3.05) is 5.32 Å². The molecule has 3 nitrogen and oxygen atoms in total. The number of nitrogens with zero attached hydrogens (tertiary/aromatic N) is 2. The number of aryl methyl sites for hydroxylation is 1. The van der Waals surface area contributed by atoms with Crippen LogP contribution in [0.1, 0.15) is 39.1 Å². The van der Waals surface area contributed by atoms with E-state index in [0.717, 1.165) is 18.9 Å². The number of aromatic nitrogens is 2. The minimum absolute atomic E-state index is 0.143. The predicted octanol–water partition coefficient (Wildman–Crippen LogP) is 3.81. The monoisotopic (exact) mass is 257 g/mol. The number of benzene rings is 1. The van der Waals surface area contributed by atoms with Gasteiger partial charge in [-0.05, 0) is 24.0 Å².